The molecule has 2 aromatic rings. The minimum absolute atomic E-state index is 0.206. The van der Waals surface area contributed by atoms with Crippen molar-refractivity contribution in [2.24, 2.45) is 0 Å². The Labute approximate surface area is 108 Å². The summed E-state index contributed by atoms with van der Waals surface area (Å²) in [6.45, 7) is 0. The maximum Gasteiger partial charge on any atom is 0.0677 e. The third-order valence-electron chi connectivity index (χ3n) is 4.20. The lowest BCUT2D eigenvalue weighted by Crippen LogP contribution is -2.35. The second kappa shape index (κ2) is 4.58. The van der Waals surface area contributed by atoms with E-state index in [-0.39, 0.29) is 11.5 Å². The molecule has 0 aliphatic heterocycles. The van der Waals surface area contributed by atoms with Crippen molar-refractivity contribution in [3.8, 4) is 0 Å². The number of rotatable bonds is 2. The molecule has 0 amide bonds. The van der Waals surface area contributed by atoms with E-state index in [9.17, 15) is 5.11 Å². The summed E-state index contributed by atoms with van der Waals surface area (Å²) in [5.74, 6) is 0. The fourth-order valence-electron chi connectivity index (χ4n) is 3.30. The SMILES string of the molecule is OC1CCCC1(c1ccccc1)c1ccccc1. The van der Waals surface area contributed by atoms with Crippen molar-refractivity contribution in [1.29, 1.82) is 0 Å². The van der Waals surface area contributed by atoms with Crippen molar-refractivity contribution in [2.45, 2.75) is 30.8 Å². The standard InChI is InChI=1S/C17H18O/c18-16-12-7-13-17(16,14-8-3-1-4-9-14)15-10-5-2-6-11-15/h1-6,8-11,16,18H,7,12-13H2. The number of benzene rings is 2. The molecular weight excluding hydrogens is 220 g/mol. The lowest BCUT2D eigenvalue weighted by atomic mass is 9.71. The summed E-state index contributed by atoms with van der Waals surface area (Å²) in [5, 5.41) is 10.5. The first-order valence-electron chi connectivity index (χ1n) is 6.63. The van der Waals surface area contributed by atoms with Gasteiger partial charge in [-0.1, -0.05) is 60.7 Å². The van der Waals surface area contributed by atoms with Crippen LogP contribution in [-0.2, 0) is 5.41 Å². The maximum atomic E-state index is 10.5. The number of aliphatic hydroxyl groups is 1. The van der Waals surface area contributed by atoms with E-state index in [1.807, 2.05) is 12.1 Å². The Balaban J connectivity index is 2.17. The van der Waals surface area contributed by atoms with Gasteiger partial charge in [-0.05, 0) is 30.4 Å². The van der Waals surface area contributed by atoms with Crippen molar-refractivity contribution < 1.29 is 5.11 Å². The van der Waals surface area contributed by atoms with E-state index in [1.54, 1.807) is 0 Å². The van der Waals surface area contributed by atoms with Crippen LogP contribution in [0.25, 0.3) is 0 Å². The van der Waals surface area contributed by atoms with Crippen LogP contribution in [0.5, 0.6) is 0 Å². The fourth-order valence-corrected chi connectivity index (χ4v) is 3.30. The molecule has 1 heteroatoms. The topological polar surface area (TPSA) is 20.2 Å². The Bertz CT molecular complexity index is 464. The summed E-state index contributed by atoms with van der Waals surface area (Å²) < 4.78 is 0. The largest absolute Gasteiger partial charge is 0.392 e. The summed E-state index contributed by atoms with van der Waals surface area (Å²) in [6, 6.07) is 20.9. The average Bonchev–Trinajstić information content (AvgIpc) is 2.84. The van der Waals surface area contributed by atoms with E-state index in [4.69, 9.17) is 0 Å². The predicted octanol–water partition coefficient (Wildman–Crippen LogP) is 3.52. The van der Waals surface area contributed by atoms with E-state index in [1.165, 1.54) is 11.1 Å². The summed E-state index contributed by atoms with van der Waals surface area (Å²) in [6.07, 6.45) is 2.74. The molecule has 1 aliphatic rings. The molecule has 18 heavy (non-hydrogen) atoms. The number of hydrogen-bond acceptors (Lipinski definition) is 1. The first-order chi connectivity index (χ1) is 8.84. The monoisotopic (exact) mass is 238 g/mol. The van der Waals surface area contributed by atoms with Crippen LogP contribution in [0.1, 0.15) is 30.4 Å². The van der Waals surface area contributed by atoms with E-state index < -0.39 is 0 Å². The van der Waals surface area contributed by atoms with Crippen LogP contribution in [0.15, 0.2) is 60.7 Å². The van der Waals surface area contributed by atoms with Gasteiger partial charge in [0, 0.05) is 5.41 Å². The highest BCUT2D eigenvalue weighted by Crippen LogP contribution is 2.46. The lowest BCUT2D eigenvalue weighted by molar-refractivity contribution is 0.127. The molecule has 1 atom stereocenters. The highest BCUT2D eigenvalue weighted by molar-refractivity contribution is 5.42. The van der Waals surface area contributed by atoms with Crippen LogP contribution in [0.4, 0.5) is 0 Å². The van der Waals surface area contributed by atoms with Crippen LogP contribution in [0, 0.1) is 0 Å². The maximum absolute atomic E-state index is 10.5. The van der Waals surface area contributed by atoms with Crippen molar-refractivity contribution >= 4 is 0 Å². The smallest absolute Gasteiger partial charge is 0.0677 e. The van der Waals surface area contributed by atoms with Crippen molar-refractivity contribution in [3.63, 3.8) is 0 Å². The molecule has 0 bridgehead atoms. The van der Waals surface area contributed by atoms with Crippen LogP contribution in [0.2, 0.25) is 0 Å². The summed E-state index contributed by atoms with van der Waals surface area (Å²) >= 11 is 0. The summed E-state index contributed by atoms with van der Waals surface area (Å²) in [5.41, 5.74) is 2.27. The predicted molar refractivity (Wildman–Crippen MR) is 73.5 cm³/mol. The van der Waals surface area contributed by atoms with Gasteiger partial charge in [-0.25, -0.2) is 0 Å². The van der Waals surface area contributed by atoms with Gasteiger partial charge in [0.05, 0.1) is 6.10 Å². The zero-order valence-electron chi connectivity index (χ0n) is 10.4. The quantitative estimate of drug-likeness (QED) is 0.848. The molecule has 92 valence electrons. The van der Waals surface area contributed by atoms with Gasteiger partial charge >= 0.3 is 0 Å². The molecule has 1 aliphatic carbocycles. The minimum Gasteiger partial charge on any atom is -0.392 e. The normalized spacial score (nSPS) is 21.9. The first-order valence-corrected chi connectivity index (χ1v) is 6.63. The molecule has 1 fully saturated rings. The highest BCUT2D eigenvalue weighted by Gasteiger charge is 2.44. The molecule has 1 nitrogen and oxygen atoms in total. The van der Waals surface area contributed by atoms with Crippen molar-refractivity contribution in [3.05, 3.63) is 71.8 Å². The Morgan fingerprint density at radius 1 is 0.833 bits per heavy atom. The highest BCUT2D eigenvalue weighted by atomic mass is 16.3. The minimum atomic E-state index is -0.276. The number of hydrogen-bond donors (Lipinski definition) is 1. The van der Waals surface area contributed by atoms with Gasteiger partial charge in [-0.2, -0.15) is 0 Å². The van der Waals surface area contributed by atoms with Gasteiger partial charge in [-0.15, -0.1) is 0 Å². The average molecular weight is 238 g/mol. The van der Waals surface area contributed by atoms with E-state index in [0.29, 0.717) is 0 Å². The van der Waals surface area contributed by atoms with Crippen LogP contribution in [-0.4, -0.2) is 11.2 Å². The third kappa shape index (κ3) is 1.67. The first kappa shape index (κ1) is 11.5. The Morgan fingerprint density at radius 3 is 1.72 bits per heavy atom. The van der Waals surface area contributed by atoms with Crippen LogP contribution >= 0.6 is 0 Å². The van der Waals surface area contributed by atoms with E-state index in [2.05, 4.69) is 48.5 Å². The number of aliphatic hydroxyl groups excluding tert-OH is 1. The van der Waals surface area contributed by atoms with Gasteiger partial charge in [0.2, 0.25) is 0 Å². The Kier molecular flexibility index (Phi) is 2.92. The van der Waals surface area contributed by atoms with Gasteiger partial charge < -0.3 is 5.11 Å². The van der Waals surface area contributed by atoms with Gasteiger partial charge in [0.25, 0.3) is 0 Å². The van der Waals surface area contributed by atoms with Crippen LogP contribution < -0.4 is 0 Å². The molecule has 0 heterocycles. The molecule has 1 unspecified atom stereocenters. The second-order valence-corrected chi connectivity index (χ2v) is 5.11. The zero-order valence-corrected chi connectivity index (χ0v) is 10.4. The second-order valence-electron chi connectivity index (χ2n) is 5.11. The Morgan fingerprint density at radius 2 is 1.33 bits per heavy atom. The molecule has 2 aromatic carbocycles. The molecular formula is C17H18O. The van der Waals surface area contributed by atoms with Crippen LogP contribution in [0.3, 0.4) is 0 Å². The van der Waals surface area contributed by atoms with Gasteiger partial charge in [-0.3, -0.25) is 0 Å². The van der Waals surface area contributed by atoms with E-state index in [0.717, 1.165) is 19.3 Å². The van der Waals surface area contributed by atoms with Gasteiger partial charge in [0.1, 0.15) is 0 Å². The van der Waals surface area contributed by atoms with E-state index >= 15 is 0 Å². The molecule has 0 aromatic heterocycles. The molecule has 1 N–H and O–H groups in total. The molecule has 0 saturated heterocycles. The zero-order chi connectivity index (χ0) is 12.4. The fraction of sp³-hybridized carbons (Fsp3) is 0.294. The van der Waals surface area contributed by atoms with Gasteiger partial charge in [0.15, 0.2) is 0 Å². The molecule has 3 rings (SSSR count). The van der Waals surface area contributed by atoms with Crippen molar-refractivity contribution in [2.75, 3.05) is 0 Å². The summed E-state index contributed by atoms with van der Waals surface area (Å²) in [4.78, 5) is 0. The summed E-state index contributed by atoms with van der Waals surface area (Å²) in [7, 11) is 0. The Hall–Kier alpha value is -1.60. The molecule has 0 spiro atoms. The lowest BCUT2D eigenvalue weighted by Gasteiger charge is -2.34. The molecule has 1 saturated carbocycles. The third-order valence-corrected chi connectivity index (χ3v) is 4.20. The molecule has 0 radical (unpaired) electrons. The van der Waals surface area contributed by atoms with Crippen molar-refractivity contribution in [1.82, 2.24) is 0 Å².